The lowest BCUT2D eigenvalue weighted by Gasteiger charge is -2.06. The summed E-state index contributed by atoms with van der Waals surface area (Å²) in [5.41, 5.74) is 1.19. The maximum absolute atomic E-state index is 12.4. The first-order chi connectivity index (χ1) is 14.7. The van der Waals surface area contributed by atoms with Gasteiger partial charge in [0.15, 0.2) is 15.7 Å². The van der Waals surface area contributed by atoms with Crippen LogP contribution in [0.3, 0.4) is 0 Å². The highest BCUT2D eigenvalue weighted by molar-refractivity contribution is 7.90. The summed E-state index contributed by atoms with van der Waals surface area (Å²) in [7, 11) is -3.65. The Labute approximate surface area is 183 Å². The number of carbonyl (C=O) groups is 2. The maximum atomic E-state index is 12.4. The minimum Gasteiger partial charge on any atom is -0.339 e. The molecule has 0 bridgehead atoms. The van der Waals surface area contributed by atoms with Crippen molar-refractivity contribution < 1.29 is 22.5 Å². The number of hydrogen-bond donors (Lipinski definition) is 2. The SMILES string of the molecule is CC(=O)Nc1ccc(NC(=O)CCc2nc(CS(=O)(=O)c3ccc(Cl)cc3)no2)cc1. The predicted octanol–water partition coefficient (Wildman–Crippen LogP) is 3.23. The van der Waals surface area contributed by atoms with E-state index >= 15 is 0 Å². The van der Waals surface area contributed by atoms with Crippen molar-refractivity contribution in [1.82, 2.24) is 10.1 Å². The van der Waals surface area contributed by atoms with Crippen LogP contribution >= 0.6 is 11.6 Å². The molecule has 0 aliphatic carbocycles. The molecule has 0 saturated carbocycles. The summed E-state index contributed by atoms with van der Waals surface area (Å²) in [5, 5.41) is 9.47. The molecule has 162 valence electrons. The molecule has 0 atom stereocenters. The first kappa shape index (κ1) is 22.4. The van der Waals surface area contributed by atoms with Crippen LogP contribution in [0.2, 0.25) is 5.02 Å². The van der Waals surface area contributed by atoms with E-state index in [1.54, 1.807) is 24.3 Å². The lowest BCUT2D eigenvalue weighted by atomic mass is 10.2. The lowest BCUT2D eigenvalue weighted by molar-refractivity contribution is -0.116. The van der Waals surface area contributed by atoms with Crippen LogP contribution in [-0.4, -0.2) is 30.4 Å². The number of benzene rings is 2. The topological polar surface area (TPSA) is 131 Å². The van der Waals surface area contributed by atoms with E-state index in [-0.39, 0.29) is 41.3 Å². The third kappa shape index (κ3) is 6.63. The Bertz CT molecular complexity index is 1180. The Morgan fingerprint density at radius 2 is 1.61 bits per heavy atom. The quantitative estimate of drug-likeness (QED) is 0.525. The number of aromatic nitrogens is 2. The van der Waals surface area contributed by atoms with Gasteiger partial charge in [-0.15, -0.1) is 0 Å². The first-order valence-electron chi connectivity index (χ1n) is 9.18. The molecule has 2 amide bonds. The molecule has 31 heavy (non-hydrogen) atoms. The second-order valence-corrected chi connectivity index (χ2v) is 9.05. The normalized spacial score (nSPS) is 11.2. The van der Waals surface area contributed by atoms with Crippen LogP contribution in [0.1, 0.15) is 25.1 Å². The molecule has 2 aromatic carbocycles. The number of rotatable bonds is 8. The Hall–Kier alpha value is -3.24. The molecule has 1 aromatic heterocycles. The molecule has 0 aliphatic rings. The summed E-state index contributed by atoms with van der Waals surface area (Å²) in [6.45, 7) is 1.41. The van der Waals surface area contributed by atoms with Gasteiger partial charge < -0.3 is 15.2 Å². The summed E-state index contributed by atoms with van der Waals surface area (Å²) in [6.07, 6.45) is 0.225. The molecule has 1 heterocycles. The molecule has 0 unspecified atom stereocenters. The molecule has 0 spiro atoms. The number of halogens is 1. The van der Waals surface area contributed by atoms with E-state index in [0.29, 0.717) is 16.4 Å². The van der Waals surface area contributed by atoms with Crippen molar-refractivity contribution in [3.05, 3.63) is 65.3 Å². The van der Waals surface area contributed by atoms with E-state index in [9.17, 15) is 18.0 Å². The van der Waals surface area contributed by atoms with Crippen molar-refractivity contribution in [2.24, 2.45) is 0 Å². The Morgan fingerprint density at radius 1 is 1.00 bits per heavy atom. The number of aryl methyl sites for hydroxylation is 1. The van der Waals surface area contributed by atoms with Gasteiger partial charge in [-0.1, -0.05) is 16.8 Å². The van der Waals surface area contributed by atoms with Crippen LogP contribution < -0.4 is 10.6 Å². The Morgan fingerprint density at radius 3 is 2.23 bits per heavy atom. The summed E-state index contributed by atoms with van der Waals surface area (Å²) < 4.78 is 29.9. The number of carbonyl (C=O) groups excluding carboxylic acids is 2. The predicted molar refractivity (Wildman–Crippen MR) is 114 cm³/mol. The molecule has 2 N–H and O–H groups in total. The third-order valence-corrected chi connectivity index (χ3v) is 5.94. The fourth-order valence-corrected chi connectivity index (χ4v) is 3.93. The van der Waals surface area contributed by atoms with Crippen molar-refractivity contribution in [1.29, 1.82) is 0 Å². The van der Waals surface area contributed by atoms with Gasteiger partial charge in [-0.3, -0.25) is 9.59 Å². The van der Waals surface area contributed by atoms with Gasteiger partial charge in [-0.2, -0.15) is 4.98 Å². The number of amides is 2. The van der Waals surface area contributed by atoms with E-state index in [2.05, 4.69) is 20.8 Å². The van der Waals surface area contributed by atoms with Crippen LogP contribution in [0.5, 0.6) is 0 Å². The van der Waals surface area contributed by atoms with Gasteiger partial charge >= 0.3 is 0 Å². The minimum absolute atomic E-state index is 0.0129. The Balaban J connectivity index is 1.52. The lowest BCUT2D eigenvalue weighted by Crippen LogP contribution is -2.12. The molecule has 3 aromatic rings. The van der Waals surface area contributed by atoms with E-state index in [0.717, 1.165) is 0 Å². The van der Waals surface area contributed by atoms with Crippen molar-refractivity contribution in [3.8, 4) is 0 Å². The van der Waals surface area contributed by atoms with Crippen molar-refractivity contribution >= 4 is 44.6 Å². The number of nitrogens with zero attached hydrogens (tertiary/aromatic N) is 2. The molecular weight excluding hydrogens is 444 g/mol. The minimum atomic E-state index is -3.65. The number of anilines is 2. The Kier molecular flexibility index (Phi) is 7.03. The summed E-state index contributed by atoms with van der Waals surface area (Å²) in [6, 6.07) is 12.5. The molecule has 0 fully saturated rings. The van der Waals surface area contributed by atoms with Gasteiger partial charge in [0.2, 0.25) is 17.7 Å². The highest BCUT2D eigenvalue weighted by Crippen LogP contribution is 2.18. The van der Waals surface area contributed by atoms with Gasteiger partial charge in [-0.05, 0) is 48.5 Å². The molecule has 0 saturated heterocycles. The van der Waals surface area contributed by atoms with Gasteiger partial charge in [0.1, 0.15) is 5.75 Å². The van der Waals surface area contributed by atoms with Crippen LogP contribution in [0.4, 0.5) is 11.4 Å². The zero-order valence-corrected chi connectivity index (χ0v) is 18.0. The van der Waals surface area contributed by atoms with Crippen LogP contribution in [-0.2, 0) is 31.6 Å². The van der Waals surface area contributed by atoms with Gasteiger partial charge in [0.05, 0.1) is 4.90 Å². The standard InChI is InChI=1S/C20H19ClN4O5S/c1-13(26)22-15-4-6-16(7-5-15)23-19(27)10-11-20-24-18(25-30-20)12-31(28,29)17-8-2-14(21)3-9-17/h2-9H,10-12H2,1H3,(H,22,26)(H,23,27). The molecule has 9 nitrogen and oxygen atoms in total. The highest BCUT2D eigenvalue weighted by atomic mass is 35.5. The second-order valence-electron chi connectivity index (χ2n) is 6.62. The average molecular weight is 463 g/mol. The van der Waals surface area contributed by atoms with Crippen LogP contribution in [0.15, 0.2) is 57.9 Å². The van der Waals surface area contributed by atoms with Crippen molar-refractivity contribution in [2.75, 3.05) is 10.6 Å². The fourth-order valence-electron chi connectivity index (χ4n) is 2.63. The second kappa shape index (κ2) is 9.71. The van der Waals surface area contributed by atoms with E-state index in [4.69, 9.17) is 16.1 Å². The van der Waals surface area contributed by atoms with Gasteiger partial charge in [0.25, 0.3) is 0 Å². The van der Waals surface area contributed by atoms with Crippen LogP contribution in [0, 0.1) is 0 Å². The largest absolute Gasteiger partial charge is 0.339 e. The number of nitrogens with one attached hydrogen (secondary N) is 2. The first-order valence-corrected chi connectivity index (χ1v) is 11.2. The van der Waals surface area contributed by atoms with Gasteiger partial charge in [0, 0.05) is 36.2 Å². The maximum Gasteiger partial charge on any atom is 0.227 e. The van der Waals surface area contributed by atoms with Crippen molar-refractivity contribution in [2.45, 2.75) is 30.4 Å². The molecule has 0 radical (unpaired) electrons. The van der Waals surface area contributed by atoms with Gasteiger partial charge in [-0.25, -0.2) is 8.42 Å². The fraction of sp³-hybridized carbons (Fsp3) is 0.200. The third-order valence-electron chi connectivity index (χ3n) is 4.06. The number of hydrogen-bond acceptors (Lipinski definition) is 7. The molecule has 0 aliphatic heterocycles. The van der Waals surface area contributed by atoms with E-state index in [1.807, 2.05) is 0 Å². The molecule has 3 rings (SSSR count). The average Bonchev–Trinajstić information content (AvgIpc) is 3.14. The summed E-state index contributed by atoms with van der Waals surface area (Å²) in [4.78, 5) is 27.3. The zero-order valence-electron chi connectivity index (χ0n) is 16.5. The molecule has 11 heteroatoms. The summed E-state index contributed by atoms with van der Waals surface area (Å²) in [5.74, 6) is -0.709. The zero-order chi connectivity index (χ0) is 22.4. The molecular formula is C20H19ClN4O5S. The smallest absolute Gasteiger partial charge is 0.227 e. The highest BCUT2D eigenvalue weighted by Gasteiger charge is 2.19. The van der Waals surface area contributed by atoms with E-state index in [1.165, 1.54) is 31.2 Å². The number of sulfone groups is 1. The summed E-state index contributed by atoms with van der Waals surface area (Å²) >= 11 is 5.78. The van der Waals surface area contributed by atoms with Crippen LogP contribution in [0.25, 0.3) is 0 Å². The monoisotopic (exact) mass is 462 g/mol. The van der Waals surface area contributed by atoms with E-state index < -0.39 is 15.6 Å². The van der Waals surface area contributed by atoms with Crippen molar-refractivity contribution in [3.63, 3.8) is 0 Å².